The second-order valence-electron chi connectivity index (χ2n) is 6.42. The molecule has 0 aliphatic carbocycles. The summed E-state index contributed by atoms with van der Waals surface area (Å²) in [5.41, 5.74) is 2.09. The molecule has 0 bridgehead atoms. The Morgan fingerprint density at radius 2 is 1.78 bits per heavy atom. The minimum absolute atomic E-state index is 0.0875. The van der Waals surface area contributed by atoms with Gasteiger partial charge in [0.15, 0.2) is 5.84 Å². The van der Waals surface area contributed by atoms with Crippen molar-refractivity contribution >= 4 is 23.8 Å². The number of amidine groups is 1. The van der Waals surface area contributed by atoms with Gasteiger partial charge in [-0.1, -0.05) is 30.3 Å². The van der Waals surface area contributed by atoms with E-state index in [2.05, 4.69) is 25.3 Å². The number of pyridine rings is 1. The van der Waals surface area contributed by atoms with Crippen molar-refractivity contribution in [3.05, 3.63) is 89.7 Å². The summed E-state index contributed by atoms with van der Waals surface area (Å²) in [4.78, 5) is 19.3. The first-order valence-corrected chi connectivity index (χ1v) is 9.32. The number of alkyl halides is 3. The summed E-state index contributed by atoms with van der Waals surface area (Å²) in [6.45, 7) is 0.291. The molecule has 3 N–H and O–H groups in total. The smallest absolute Gasteiger partial charge is 0.406 e. The fourth-order valence-electron chi connectivity index (χ4n) is 2.56. The number of aldehydes is 1. The second kappa shape index (κ2) is 10.2. The van der Waals surface area contributed by atoms with Gasteiger partial charge >= 0.3 is 6.36 Å². The van der Waals surface area contributed by atoms with E-state index in [4.69, 9.17) is 5.41 Å². The zero-order valence-corrected chi connectivity index (χ0v) is 16.6. The Morgan fingerprint density at radius 1 is 1.06 bits per heavy atom. The topological polar surface area (TPSA) is 99.5 Å². The van der Waals surface area contributed by atoms with Gasteiger partial charge in [0.1, 0.15) is 12.0 Å². The summed E-state index contributed by atoms with van der Waals surface area (Å²) in [6, 6.07) is 16.8. The minimum atomic E-state index is -4.78. The number of hydrogen-bond acceptors (Lipinski definition) is 4. The lowest BCUT2D eigenvalue weighted by Crippen LogP contribution is -2.31. The number of guanidine groups is 1. The molecule has 0 saturated heterocycles. The Kier molecular flexibility index (Phi) is 7.17. The SMILES string of the molecule is N=C(/N=C(/NCc1ccccn1)Nc1ccc(OC(F)(F)F)cc1)c1ccc(C=O)cc1. The lowest BCUT2D eigenvalue weighted by atomic mass is 10.1. The predicted octanol–water partition coefficient (Wildman–Crippen LogP) is 4.38. The molecule has 0 radical (unpaired) electrons. The van der Waals surface area contributed by atoms with Crippen LogP contribution in [-0.4, -0.2) is 29.4 Å². The molecule has 0 unspecified atom stereocenters. The average Bonchev–Trinajstić information content (AvgIpc) is 2.78. The number of hydrogen-bond donors (Lipinski definition) is 3. The minimum Gasteiger partial charge on any atom is -0.406 e. The molecule has 10 heteroatoms. The fraction of sp³-hybridized carbons (Fsp3) is 0.0909. The van der Waals surface area contributed by atoms with Gasteiger partial charge in [-0.3, -0.25) is 15.2 Å². The van der Waals surface area contributed by atoms with Crippen molar-refractivity contribution in [1.82, 2.24) is 10.3 Å². The number of benzene rings is 2. The number of nitrogens with one attached hydrogen (secondary N) is 3. The summed E-state index contributed by atoms with van der Waals surface area (Å²) in [5, 5.41) is 14.2. The first kappa shape index (κ1) is 22.5. The molecule has 164 valence electrons. The van der Waals surface area contributed by atoms with E-state index in [9.17, 15) is 18.0 Å². The first-order valence-electron chi connectivity index (χ1n) is 9.32. The van der Waals surface area contributed by atoms with E-state index < -0.39 is 6.36 Å². The maximum atomic E-state index is 12.4. The van der Waals surface area contributed by atoms with Crippen molar-refractivity contribution in [3.63, 3.8) is 0 Å². The maximum absolute atomic E-state index is 12.4. The zero-order chi connectivity index (χ0) is 23.0. The molecule has 3 rings (SSSR count). The molecule has 0 aliphatic heterocycles. The normalized spacial score (nSPS) is 11.5. The van der Waals surface area contributed by atoms with E-state index in [-0.39, 0.29) is 17.5 Å². The predicted molar refractivity (Wildman–Crippen MR) is 114 cm³/mol. The molecular weight excluding hydrogens is 423 g/mol. The molecular formula is C22H18F3N5O2. The highest BCUT2D eigenvalue weighted by atomic mass is 19.4. The van der Waals surface area contributed by atoms with Gasteiger partial charge in [-0.2, -0.15) is 4.99 Å². The highest BCUT2D eigenvalue weighted by molar-refractivity contribution is 6.08. The molecule has 1 heterocycles. The summed E-state index contributed by atoms with van der Waals surface area (Å²) in [5.74, 6) is -0.258. The lowest BCUT2D eigenvalue weighted by Gasteiger charge is -2.14. The molecule has 32 heavy (non-hydrogen) atoms. The number of aliphatic imine (C=N–C) groups is 1. The monoisotopic (exact) mass is 441 g/mol. The van der Waals surface area contributed by atoms with Crippen molar-refractivity contribution in [2.75, 3.05) is 5.32 Å². The van der Waals surface area contributed by atoms with Crippen LogP contribution >= 0.6 is 0 Å². The van der Waals surface area contributed by atoms with Crippen LogP contribution in [0.5, 0.6) is 5.75 Å². The largest absolute Gasteiger partial charge is 0.573 e. The molecule has 0 atom stereocenters. The number of nitrogens with zero attached hydrogens (tertiary/aromatic N) is 2. The van der Waals surface area contributed by atoms with Crippen LogP contribution in [-0.2, 0) is 6.54 Å². The van der Waals surface area contributed by atoms with E-state index in [0.29, 0.717) is 29.6 Å². The molecule has 1 aromatic heterocycles. The van der Waals surface area contributed by atoms with E-state index in [0.717, 1.165) is 17.8 Å². The standard InChI is InChI=1S/C22H18F3N5O2/c23-22(24,25)32-19-10-8-17(9-11-19)29-21(28-13-18-3-1-2-12-27-18)30-20(26)16-6-4-15(14-31)5-7-16/h1-12,14H,13H2,(H3,26,28,29,30). The third kappa shape index (κ3) is 6.94. The zero-order valence-electron chi connectivity index (χ0n) is 16.6. The van der Waals surface area contributed by atoms with Crippen molar-refractivity contribution in [3.8, 4) is 5.75 Å². The molecule has 0 fully saturated rings. The summed E-state index contributed by atoms with van der Waals surface area (Å²) >= 11 is 0. The number of anilines is 1. The number of ether oxygens (including phenoxy) is 1. The number of carbonyl (C=O) groups is 1. The molecule has 0 saturated carbocycles. The third-order valence-electron chi connectivity index (χ3n) is 4.06. The van der Waals surface area contributed by atoms with Crippen molar-refractivity contribution in [2.24, 2.45) is 4.99 Å². The van der Waals surface area contributed by atoms with E-state index in [1.54, 1.807) is 42.6 Å². The van der Waals surface area contributed by atoms with Crippen LogP contribution in [0.4, 0.5) is 18.9 Å². The molecule has 7 nitrogen and oxygen atoms in total. The van der Waals surface area contributed by atoms with Gasteiger partial charge in [-0.15, -0.1) is 13.2 Å². The van der Waals surface area contributed by atoms with Crippen molar-refractivity contribution in [1.29, 1.82) is 5.41 Å². The van der Waals surface area contributed by atoms with Gasteiger partial charge in [-0.25, -0.2) is 0 Å². The van der Waals surface area contributed by atoms with Crippen LogP contribution < -0.4 is 15.4 Å². The van der Waals surface area contributed by atoms with Gasteiger partial charge < -0.3 is 15.4 Å². The molecule has 2 aromatic carbocycles. The molecule has 0 spiro atoms. The Labute approximate surface area is 181 Å². The van der Waals surface area contributed by atoms with Crippen LogP contribution in [0.25, 0.3) is 0 Å². The number of rotatable bonds is 6. The number of aromatic nitrogens is 1. The van der Waals surface area contributed by atoms with Crippen LogP contribution in [0, 0.1) is 5.41 Å². The Bertz CT molecular complexity index is 1080. The van der Waals surface area contributed by atoms with E-state index in [1.807, 2.05) is 6.07 Å². The third-order valence-corrected chi connectivity index (χ3v) is 4.06. The maximum Gasteiger partial charge on any atom is 0.573 e. The molecule has 0 aliphatic rings. The van der Waals surface area contributed by atoms with Gasteiger partial charge in [0.05, 0.1) is 12.2 Å². The van der Waals surface area contributed by atoms with Gasteiger partial charge in [0, 0.05) is 23.0 Å². The summed E-state index contributed by atoms with van der Waals surface area (Å²) in [6.07, 6.45) is -2.44. The quantitative estimate of drug-likeness (QED) is 0.300. The van der Waals surface area contributed by atoms with Crippen LogP contribution in [0.1, 0.15) is 21.6 Å². The Morgan fingerprint density at radius 3 is 2.38 bits per heavy atom. The van der Waals surface area contributed by atoms with Crippen molar-refractivity contribution in [2.45, 2.75) is 12.9 Å². The van der Waals surface area contributed by atoms with E-state index in [1.165, 1.54) is 12.1 Å². The first-order chi connectivity index (χ1) is 15.3. The van der Waals surface area contributed by atoms with Crippen LogP contribution in [0.3, 0.4) is 0 Å². The highest BCUT2D eigenvalue weighted by Gasteiger charge is 2.30. The summed E-state index contributed by atoms with van der Waals surface area (Å²) in [7, 11) is 0. The van der Waals surface area contributed by atoms with Crippen LogP contribution in [0.2, 0.25) is 0 Å². The fourth-order valence-corrected chi connectivity index (χ4v) is 2.56. The van der Waals surface area contributed by atoms with Gasteiger partial charge in [0.25, 0.3) is 0 Å². The Hall–Kier alpha value is -4.21. The average molecular weight is 441 g/mol. The highest BCUT2D eigenvalue weighted by Crippen LogP contribution is 2.24. The van der Waals surface area contributed by atoms with Crippen molar-refractivity contribution < 1.29 is 22.7 Å². The lowest BCUT2D eigenvalue weighted by molar-refractivity contribution is -0.274. The van der Waals surface area contributed by atoms with Crippen LogP contribution in [0.15, 0.2) is 77.9 Å². The van der Waals surface area contributed by atoms with E-state index >= 15 is 0 Å². The molecule has 0 amide bonds. The van der Waals surface area contributed by atoms with Gasteiger partial charge in [-0.05, 0) is 36.4 Å². The molecule has 3 aromatic rings. The summed E-state index contributed by atoms with van der Waals surface area (Å²) < 4.78 is 40.9. The Balaban J connectivity index is 1.78. The number of carbonyl (C=O) groups excluding carboxylic acids is 1. The van der Waals surface area contributed by atoms with Gasteiger partial charge in [0.2, 0.25) is 5.96 Å². The second-order valence-corrected chi connectivity index (χ2v) is 6.42. The number of halogens is 3.